The van der Waals surface area contributed by atoms with Crippen LogP contribution in [-0.2, 0) is 20.9 Å². The van der Waals surface area contributed by atoms with Gasteiger partial charge < -0.3 is 9.84 Å². The zero-order valence-electron chi connectivity index (χ0n) is 11.0. The van der Waals surface area contributed by atoms with Crippen LogP contribution in [0, 0.1) is 0 Å². The lowest BCUT2D eigenvalue weighted by molar-refractivity contribution is -0.140. The smallest absolute Gasteiger partial charge is 0.333 e. The molecule has 0 spiro atoms. The molecule has 1 rings (SSSR count). The quantitative estimate of drug-likeness (QED) is 0.503. The Morgan fingerprint density at radius 3 is 2.26 bits per heavy atom. The zero-order valence-corrected chi connectivity index (χ0v) is 11.0. The zero-order chi connectivity index (χ0) is 14.7. The SMILES string of the molecule is C=C(C)C(=O)OCc1ccccc1.C=CCC(=O)O. The number of rotatable bonds is 5. The lowest BCUT2D eigenvalue weighted by Gasteiger charge is -2.03. The molecule has 0 saturated heterocycles. The van der Waals surface area contributed by atoms with Crippen LogP contribution in [0.25, 0.3) is 0 Å². The van der Waals surface area contributed by atoms with Crippen molar-refractivity contribution in [1.29, 1.82) is 0 Å². The summed E-state index contributed by atoms with van der Waals surface area (Å²) in [6.07, 6.45) is 1.41. The Hall–Kier alpha value is -2.36. The van der Waals surface area contributed by atoms with Crippen molar-refractivity contribution in [3.8, 4) is 0 Å². The van der Waals surface area contributed by atoms with Gasteiger partial charge in [0.1, 0.15) is 6.61 Å². The van der Waals surface area contributed by atoms with Crippen molar-refractivity contribution in [2.75, 3.05) is 0 Å². The first kappa shape index (κ1) is 16.6. The minimum absolute atomic E-state index is 0.0556. The molecule has 1 aromatic rings. The van der Waals surface area contributed by atoms with Crippen molar-refractivity contribution in [1.82, 2.24) is 0 Å². The molecule has 0 amide bonds. The number of carbonyl (C=O) groups excluding carboxylic acids is 1. The molecule has 4 nitrogen and oxygen atoms in total. The van der Waals surface area contributed by atoms with Crippen LogP contribution in [0.5, 0.6) is 0 Å². The molecule has 19 heavy (non-hydrogen) atoms. The Kier molecular flexibility index (Phi) is 8.45. The van der Waals surface area contributed by atoms with Gasteiger partial charge in [0.05, 0.1) is 6.42 Å². The molecule has 0 aliphatic rings. The highest BCUT2D eigenvalue weighted by Gasteiger charge is 2.02. The maximum atomic E-state index is 11.0. The molecular formula is C15H18O4. The summed E-state index contributed by atoms with van der Waals surface area (Å²) in [6, 6.07) is 9.55. The summed E-state index contributed by atoms with van der Waals surface area (Å²) in [4.78, 5) is 20.5. The fraction of sp³-hybridized carbons (Fsp3) is 0.200. The first-order valence-corrected chi connectivity index (χ1v) is 5.66. The average Bonchev–Trinajstić information content (AvgIpc) is 2.37. The highest BCUT2D eigenvalue weighted by Crippen LogP contribution is 2.02. The number of ether oxygens (including phenoxy) is 1. The van der Waals surface area contributed by atoms with Gasteiger partial charge in [-0.2, -0.15) is 0 Å². The lowest BCUT2D eigenvalue weighted by Crippen LogP contribution is -2.04. The van der Waals surface area contributed by atoms with Gasteiger partial charge in [0.15, 0.2) is 0 Å². The number of carbonyl (C=O) groups is 2. The molecule has 0 heterocycles. The van der Waals surface area contributed by atoms with E-state index in [-0.39, 0.29) is 12.4 Å². The Labute approximate surface area is 113 Å². The van der Waals surface area contributed by atoms with E-state index < -0.39 is 5.97 Å². The van der Waals surface area contributed by atoms with Gasteiger partial charge in [-0.3, -0.25) is 4.79 Å². The molecule has 0 aliphatic heterocycles. The molecule has 0 bridgehead atoms. The van der Waals surface area contributed by atoms with Gasteiger partial charge in [0.25, 0.3) is 0 Å². The van der Waals surface area contributed by atoms with Crippen molar-refractivity contribution in [2.45, 2.75) is 20.0 Å². The van der Waals surface area contributed by atoms with E-state index in [0.29, 0.717) is 12.2 Å². The minimum Gasteiger partial charge on any atom is -0.481 e. The van der Waals surface area contributed by atoms with Crippen LogP contribution in [-0.4, -0.2) is 17.0 Å². The third-order valence-corrected chi connectivity index (χ3v) is 1.88. The lowest BCUT2D eigenvalue weighted by atomic mass is 10.2. The van der Waals surface area contributed by atoms with E-state index in [1.807, 2.05) is 30.3 Å². The van der Waals surface area contributed by atoms with E-state index in [0.717, 1.165) is 5.56 Å². The van der Waals surface area contributed by atoms with Crippen LogP contribution in [0.15, 0.2) is 55.1 Å². The molecule has 0 saturated carbocycles. The van der Waals surface area contributed by atoms with Crippen molar-refractivity contribution < 1.29 is 19.4 Å². The first-order chi connectivity index (χ1) is 8.97. The van der Waals surface area contributed by atoms with Crippen molar-refractivity contribution in [3.05, 3.63) is 60.7 Å². The number of aliphatic carboxylic acids is 1. The number of carboxylic acid groups (broad SMARTS) is 1. The third-order valence-electron chi connectivity index (χ3n) is 1.88. The van der Waals surface area contributed by atoms with Gasteiger partial charge in [-0.25, -0.2) is 4.79 Å². The van der Waals surface area contributed by atoms with Crippen LogP contribution in [0.1, 0.15) is 18.9 Å². The van der Waals surface area contributed by atoms with Crippen molar-refractivity contribution >= 4 is 11.9 Å². The first-order valence-electron chi connectivity index (χ1n) is 5.66. The Balaban J connectivity index is 0.000000459. The molecule has 0 aromatic heterocycles. The van der Waals surface area contributed by atoms with E-state index in [1.54, 1.807) is 6.92 Å². The highest BCUT2D eigenvalue weighted by molar-refractivity contribution is 5.86. The van der Waals surface area contributed by atoms with Gasteiger partial charge >= 0.3 is 11.9 Å². The topological polar surface area (TPSA) is 63.6 Å². The molecule has 102 valence electrons. The van der Waals surface area contributed by atoms with Crippen molar-refractivity contribution in [3.63, 3.8) is 0 Å². The predicted octanol–water partition coefficient (Wildman–Crippen LogP) is 2.95. The Morgan fingerprint density at radius 1 is 1.32 bits per heavy atom. The number of carboxylic acids is 1. The number of benzene rings is 1. The standard InChI is InChI=1S/C11H12O2.C4H6O2/c1-9(2)11(12)13-8-10-6-4-3-5-7-10;1-2-3-4(5)6/h3-7H,1,8H2,2H3;2H,1,3H2,(H,5,6). The number of hydrogen-bond donors (Lipinski definition) is 1. The number of esters is 1. The highest BCUT2D eigenvalue weighted by atomic mass is 16.5. The molecular weight excluding hydrogens is 244 g/mol. The molecule has 4 heteroatoms. The number of hydrogen-bond acceptors (Lipinski definition) is 3. The molecule has 0 unspecified atom stereocenters. The Morgan fingerprint density at radius 2 is 1.89 bits per heavy atom. The molecule has 1 aromatic carbocycles. The fourth-order valence-electron chi connectivity index (χ4n) is 0.970. The van der Waals surface area contributed by atoms with Crippen LogP contribution < -0.4 is 0 Å². The molecule has 0 fully saturated rings. The van der Waals surface area contributed by atoms with E-state index in [4.69, 9.17) is 9.84 Å². The van der Waals surface area contributed by atoms with Gasteiger partial charge in [-0.1, -0.05) is 43.0 Å². The summed E-state index contributed by atoms with van der Waals surface area (Å²) in [5, 5.41) is 7.84. The maximum Gasteiger partial charge on any atom is 0.333 e. The molecule has 1 N–H and O–H groups in total. The van der Waals surface area contributed by atoms with Gasteiger partial charge in [0, 0.05) is 5.57 Å². The molecule has 0 atom stereocenters. The summed E-state index contributed by atoms with van der Waals surface area (Å²) in [5.41, 5.74) is 1.41. The second-order valence-electron chi connectivity index (χ2n) is 3.73. The summed E-state index contributed by atoms with van der Waals surface area (Å²) in [5.74, 6) is -1.17. The summed E-state index contributed by atoms with van der Waals surface area (Å²) >= 11 is 0. The normalized spacial score (nSPS) is 8.68. The predicted molar refractivity (Wildman–Crippen MR) is 73.5 cm³/mol. The summed E-state index contributed by atoms with van der Waals surface area (Å²) in [6.45, 7) is 8.66. The van der Waals surface area contributed by atoms with E-state index in [2.05, 4.69) is 13.2 Å². The van der Waals surface area contributed by atoms with Crippen LogP contribution in [0.3, 0.4) is 0 Å². The van der Waals surface area contributed by atoms with Crippen LogP contribution >= 0.6 is 0 Å². The largest absolute Gasteiger partial charge is 0.481 e. The van der Waals surface area contributed by atoms with Crippen LogP contribution in [0.4, 0.5) is 0 Å². The monoisotopic (exact) mass is 262 g/mol. The second kappa shape index (κ2) is 9.65. The molecule has 0 radical (unpaired) electrons. The molecule has 0 aliphatic carbocycles. The minimum atomic E-state index is -0.829. The fourth-order valence-corrected chi connectivity index (χ4v) is 0.970. The van der Waals surface area contributed by atoms with E-state index >= 15 is 0 Å². The Bertz CT molecular complexity index is 435. The van der Waals surface area contributed by atoms with Gasteiger partial charge in [-0.15, -0.1) is 6.58 Å². The van der Waals surface area contributed by atoms with Crippen molar-refractivity contribution in [2.24, 2.45) is 0 Å². The van der Waals surface area contributed by atoms with Gasteiger partial charge in [-0.05, 0) is 12.5 Å². The average molecular weight is 262 g/mol. The summed E-state index contributed by atoms with van der Waals surface area (Å²) in [7, 11) is 0. The summed E-state index contributed by atoms with van der Waals surface area (Å²) < 4.78 is 4.95. The van der Waals surface area contributed by atoms with Crippen LogP contribution in [0.2, 0.25) is 0 Å². The van der Waals surface area contributed by atoms with Gasteiger partial charge in [0.2, 0.25) is 0 Å². The third kappa shape index (κ3) is 9.35. The van der Waals surface area contributed by atoms with E-state index in [1.165, 1.54) is 6.08 Å². The maximum absolute atomic E-state index is 11.0. The second-order valence-corrected chi connectivity index (χ2v) is 3.73. The van der Waals surface area contributed by atoms with E-state index in [9.17, 15) is 9.59 Å².